The lowest BCUT2D eigenvalue weighted by molar-refractivity contribution is 0.204. The Balaban J connectivity index is 2.72. The van der Waals surface area contributed by atoms with Crippen LogP contribution in [0.3, 0.4) is 0 Å². The highest BCUT2D eigenvalue weighted by atomic mass is 16.5. The maximum atomic E-state index is 5.20. The Labute approximate surface area is 124 Å². The molecular weight excluding hydrogens is 248 g/mol. The molecule has 0 heterocycles. The molecule has 0 spiro atoms. The van der Waals surface area contributed by atoms with Crippen LogP contribution in [0.15, 0.2) is 24.3 Å². The summed E-state index contributed by atoms with van der Waals surface area (Å²) in [5.41, 5.74) is 2.61. The second-order valence-electron chi connectivity index (χ2n) is 5.55. The summed E-state index contributed by atoms with van der Waals surface area (Å²) in [6.45, 7) is 11.6. The van der Waals surface area contributed by atoms with Crippen molar-refractivity contribution in [1.82, 2.24) is 5.32 Å². The molecule has 0 fully saturated rings. The molecule has 1 N–H and O–H groups in total. The molecule has 0 aromatic heterocycles. The van der Waals surface area contributed by atoms with Crippen LogP contribution in [0.2, 0.25) is 0 Å². The van der Waals surface area contributed by atoms with Gasteiger partial charge in [0.1, 0.15) is 0 Å². The number of hydrogen-bond donors (Lipinski definition) is 1. The quantitative estimate of drug-likeness (QED) is 0.747. The molecule has 0 saturated heterocycles. The molecule has 0 saturated carbocycles. The summed E-state index contributed by atoms with van der Waals surface area (Å²) in [7, 11) is 1.75. The normalized spacial score (nSPS) is 12.7. The van der Waals surface area contributed by atoms with E-state index < -0.39 is 0 Å². The summed E-state index contributed by atoms with van der Waals surface area (Å²) in [4.78, 5) is 2.37. The zero-order chi connectivity index (χ0) is 15.0. The van der Waals surface area contributed by atoms with Crippen LogP contribution in [0, 0.1) is 0 Å². The highest BCUT2D eigenvalue weighted by molar-refractivity contribution is 5.48. The third-order valence-corrected chi connectivity index (χ3v) is 3.58. The van der Waals surface area contributed by atoms with Gasteiger partial charge in [-0.1, -0.05) is 19.1 Å². The van der Waals surface area contributed by atoms with Gasteiger partial charge in [0.2, 0.25) is 0 Å². The highest BCUT2D eigenvalue weighted by Crippen LogP contribution is 2.20. The van der Waals surface area contributed by atoms with E-state index in [1.807, 2.05) is 0 Å². The predicted molar refractivity (Wildman–Crippen MR) is 87.5 cm³/mol. The minimum absolute atomic E-state index is 0.412. The van der Waals surface area contributed by atoms with E-state index in [4.69, 9.17) is 4.74 Å². The molecule has 3 nitrogen and oxygen atoms in total. The number of methoxy groups -OCH3 is 1. The van der Waals surface area contributed by atoms with E-state index >= 15 is 0 Å². The smallest absolute Gasteiger partial charge is 0.0637 e. The average Bonchev–Trinajstić information content (AvgIpc) is 2.45. The van der Waals surface area contributed by atoms with E-state index in [2.05, 4.69) is 62.2 Å². The number of hydrogen-bond acceptors (Lipinski definition) is 3. The van der Waals surface area contributed by atoms with E-state index in [0.29, 0.717) is 12.1 Å². The van der Waals surface area contributed by atoms with Crippen LogP contribution >= 0.6 is 0 Å². The fourth-order valence-corrected chi connectivity index (χ4v) is 2.31. The van der Waals surface area contributed by atoms with E-state index in [1.54, 1.807) is 7.11 Å². The van der Waals surface area contributed by atoms with Crippen molar-refractivity contribution >= 4 is 5.69 Å². The minimum atomic E-state index is 0.412. The first-order valence-corrected chi connectivity index (χ1v) is 7.69. The first-order chi connectivity index (χ1) is 9.60. The molecule has 3 heteroatoms. The van der Waals surface area contributed by atoms with Crippen molar-refractivity contribution < 1.29 is 4.74 Å². The third-order valence-electron chi connectivity index (χ3n) is 3.58. The van der Waals surface area contributed by atoms with Crippen LogP contribution in [0.25, 0.3) is 0 Å². The molecule has 0 aliphatic heterocycles. The zero-order valence-corrected chi connectivity index (χ0v) is 13.6. The molecule has 1 rings (SSSR count). The number of anilines is 1. The van der Waals surface area contributed by atoms with Crippen LogP contribution in [0.4, 0.5) is 5.69 Å². The zero-order valence-electron chi connectivity index (χ0n) is 13.6. The number of nitrogens with one attached hydrogen (secondary N) is 1. The van der Waals surface area contributed by atoms with E-state index in [9.17, 15) is 0 Å². The van der Waals surface area contributed by atoms with Gasteiger partial charge in [-0.3, -0.25) is 0 Å². The first kappa shape index (κ1) is 17.0. The molecule has 1 unspecified atom stereocenters. The Bertz CT molecular complexity index is 362. The molecule has 20 heavy (non-hydrogen) atoms. The number of rotatable bonds is 9. The Morgan fingerprint density at radius 1 is 1.15 bits per heavy atom. The highest BCUT2D eigenvalue weighted by Gasteiger charge is 2.11. The van der Waals surface area contributed by atoms with Gasteiger partial charge in [-0.05, 0) is 51.4 Å². The van der Waals surface area contributed by atoms with Gasteiger partial charge in [0.15, 0.2) is 0 Å². The fourth-order valence-electron chi connectivity index (χ4n) is 2.31. The van der Waals surface area contributed by atoms with Gasteiger partial charge in [-0.25, -0.2) is 0 Å². The lowest BCUT2D eigenvalue weighted by atomic mass is 10.1. The van der Waals surface area contributed by atoms with E-state index in [-0.39, 0.29) is 0 Å². The van der Waals surface area contributed by atoms with Crippen molar-refractivity contribution in [3.63, 3.8) is 0 Å². The summed E-state index contributed by atoms with van der Waals surface area (Å²) < 4.78 is 5.20. The Hall–Kier alpha value is -1.06. The van der Waals surface area contributed by atoms with Gasteiger partial charge >= 0.3 is 0 Å². The third kappa shape index (κ3) is 5.14. The molecule has 0 aliphatic rings. The SMILES string of the molecule is CCCNC(C)c1ccc(N(CCOC)C(C)C)cc1. The molecule has 0 radical (unpaired) electrons. The fraction of sp³-hybridized carbons (Fsp3) is 0.647. The van der Waals surface area contributed by atoms with E-state index in [1.165, 1.54) is 17.7 Å². The Morgan fingerprint density at radius 3 is 2.30 bits per heavy atom. The molecular formula is C17H30N2O. The van der Waals surface area contributed by atoms with Crippen molar-refractivity contribution in [3.8, 4) is 0 Å². The summed E-state index contributed by atoms with van der Waals surface area (Å²) in [5.74, 6) is 0. The maximum absolute atomic E-state index is 5.20. The standard InChI is InChI=1S/C17H30N2O/c1-6-11-18-15(4)16-7-9-17(10-8-16)19(14(2)3)12-13-20-5/h7-10,14-15,18H,6,11-13H2,1-5H3. The second kappa shape index (κ2) is 8.98. The van der Waals surface area contributed by atoms with Crippen LogP contribution in [0.1, 0.15) is 45.7 Å². The summed E-state index contributed by atoms with van der Waals surface area (Å²) in [6, 6.07) is 9.78. The Kier molecular flexibility index (Phi) is 7.63. The van der Waals surface area contributed by atoms with Crippen molar-refractivity contribution in [2.75, 3.05) is 31.7 Å². The molecule has 1 atom stereocenters. The maximum Gasteiger partial charge on any atom is 0.0637 e. The van der Waals surface area contributed by atoms with E-state index in [0.717, 1.165) is 19.7 Å². The summed E-state index contributed by atoms with van der Waals surface area (Å²) >= 11 is 0. The molecule has 0 amide bonds. The average molecular weight is 278 g/mol. The van der Waals surface area contributed by atoms with Crippen LogP contribution in [-0.2, 0) is 4.74 Å². The van der Waals surface area contributed by atoms with Gasteiger partial charge in [-0.15, -0.1) is 0 Å². The van der Waals surface area contributed by atoms with Crippen molar-refractivity contribution in [2.24, 2.45) is 0 Å². The van der Waals surface area contributed by atoms with Gasteiger partial charge in [0.25, 0.3) is 0 Å². The Morgan fingerprint density at radius 2 is 1.80 bits per heavy atom. The topological polar surface area (TPSA) is 24.5 Å². The molecule has 114 valence electrons. The molecule has 0 bridgehead atoms. The number of ether oxygens (including phenoxy) is 1. The van der Waals surface area contributed by atoms with Crippen molar-refractivity contribution in [3.05, 3.63) is 29.8 Å². The predicted octanol–water partition coefficient (Wildman–Crippen LogP) is 3.61. The van der Waals surface area contributed by atoms with Gasteiger partial charge in [0, 0.05) is 31.4 Å². The van der Waals surface area contributed by atoms with Crippen molar-refractivity contribution in [2.45, 2.75) is 46.2 Å². The van der Waals surface area contributed by atoms with Gasteiger partial charge in [-0.2, -0.15) is 0 Å². The summed E-state index contributed by atoms with van der Waals surface area (Å²) in [6.07, 6.45) is 1.17. The molecule has 0 aliphatic carbocycles. The van der Waals surface area contributed by atoms with Crippen LogP contribution < -0.4 is 10.2 Å². The number of benzene rings is 1. The second-order valence-corrected chi connectivity index (χ2v) is 5.55. The first-order valence-electron chi connectivity index (χ1n) is 7.69. The molecule has 1 aromatic rings. The van der Waals surface area contributed by atoms with Gasteiger partial charge < -0.3 is 15.0 Å². The summed E-state index contributed by atoms with van der Waals surface area (Å²) in [5, 5.41) is 3.52. The van der Waals surface area contributed by atoms with Crippen LogP contribution in [0.5, 0.6) is 0 Å². The molecule has 1 aromatic carbocycles. The largest absolute Gasteiger partial charge is 0.383 e. The minimum Gasteiger partial charge on any atom is -0.383 e. The monoisotopic (exact) mass is 278 g/mol. The number of nitrogens with zero attached hydrogens (tertiary/aromatic N) is 1. The lowest BCUT2D eigenvalue weighted by Gasteiger charge is -2.29. The van der Waals surface area contributed by atoms with Gasteiger partial charge in [0.05, 0.1) is 6.61 Å². The van der Waals surface area contributed by atoms with Crippen LogP contribution in [-0.4, -0.2) is 32.8 Å². The van der Waals surface area contributed by atoms with Crippen molar-refractivity contribution in [1.29, 1.82) is 0 Å². The lowest BCUT2D eigenvalue weighted by Crippen LogP contribution is -2.33.